The van der Waals surface area contributed by atoms with Crippen LogP contribution in [0.3, 0.4) is 0 Å². The lowest BCUT2D eigenvalue weighted by atomic mass is 9.99. The molecule has 0 bridgehead atoms. The van der Waals surface area contributed by atoms with E-state index in [1.807, 2.05) is 0 Å². The highest BCUT2D eigenvalue weighted by molar-refractivity contribution is 9.10. The fourth-order valence-electron chi connectivity index (χ4n) is 1.68. The van der Waals surface area contributed by atoms with Gasteiger partial charge in [0.25, 0.3) is 0 Å². The third kappa shape index (κ3) is 2.69. The van der Waals surface area contributed by atoms with Gasteiger partial charge < -0.3 is 5.73 Å². The molecule has 0 fully saturated rings. The number of hydrogen-bond donors (Lipinski definition) is 1. The summed E-state index contributed by atoms with van der Waals surface area (Å²) in [5.41, 5.74) is 7.02. The van der Waals surface area contributed by atoms with Gasteiger partial charge in [0.15, 0.2) is 0 Å². The summed E-state index contributed by atoms with van der Waals surface area (Å²) in [5, 5.41) is 0.831. The van der Waals surface area contributed by atoms with Gasteiger partial charge in [-0.2, -0.15) is 0 Å². The van der Waals surface area contributed by atoms with E-state index >= 15 is 0 Å². The molecule has 1 unspecified atom stereocenters. The van der Waals surface area contributed by atoms with Crippen LogP contribution >= 0.6 is 39.1 Å². The molecule has 0 saturated heterocycles. The molecule has 0 amide bonds. The molecule has 0 aromatic heterocycles. The van der Waals surface area contributed by atoms with E-state index in [-0.39, 0.29) is 5.56 Å². The summed E-state index contributed by atoms with van der Waals surface area (Å²) in [7, 11) is 0. The Morgan fingerprint density at radius 3 is 2.44 bits per heavy atom. The van der Waals surface area contributed by atoms with Gasteiger partial charge in [-0.3, -0.25) is 0 Å². The first kappa shape index (κ1) is 13.8. The second kappa shape index (κ2) is 5.57. The Balaban J connectivity index is 2.48. The predicted octanol–water partition coefficient (Wildman–Crippen LogP) is 4.94. The van der Waals surface area contributed by atoms with E-state index in [0.717, 1.165) is 4.47 Å². The largest absolute Gasteiger partial charge is 0.320 e. The van der Waals surface area contributed by atoms with Crippen molar-refractivity contribution in [2.75, 3.05) is 0 Å². The van der Waals surface area contributed by atoms with Gasteiger partial charge in [0.2, 0.25) is 0 Å². The molecular formula is C13H9BrCl2FN. The van der Waals surface area contributed by atoms with Crippen molar-refractivity contribution in [2.24, 2.45) is 5.73 Å². The van der Waals surface area contributed by atoms with Crippen LogP contribution in [0.1, 0.15) is 17.2 Å². The number of hydrogen-bond acceptors (Lipinski definition) is 1. The summed E-state index contributed by atoms with van der Waals surface area (Å²) < 4.78 is 14.5. The molecule has 1 nitrogen and oxygen atoms in total. The van der Waals surface area contributed by atoms with Crippen molar-refractivity contribution < 1.29 is 4.39 Å². The van der Waals surface area contributed by atoms with Gasteiger partial charge in [-0.05, 0) is 45.8 Å². The normalized spacial score (nSPS) is 12.5. The zero-order chi connectivity index (χ0) is 13.3. The van der Waals surface area contributed by atoms with E-state index < -0.39 is 11.9 Å². The Hall–Kier alpha value is -0.610. The van der Waals surface area contributed by atoms with E-state index in [9.17, 15) is 4.39 Å². The zero-order valence-corrected chi connectivity index (χ0v) is 12.2. The van der Waals surface area contributed by atoms with Crippen LogP contribution in [0.15, 0.2) is 40.9 Å². The highest BCUT2D eigenvalue weighted by Crippen LogP contribution is 2.32. The van der Waals surface area contributed by atoms with Crippen molar-refractivity contribution in [1.82, 2.24) is 0 Å². The van der Waals surface area contributed by atoms with Gasteiger partial charge in [0.05, 0.1) is 11.1 Å². The van der Waals surface area contributed by atoms with Crippen LogP contribution < -0.4 is 5.73 Å². The van der Waals surface area contributed by atoms with E-state index in [4.69, 9.17) is 28.9 Å². The van der Waals surface area contributed by atoms with Crippen LogP contribution in [0.2, 0.25) is 10.0 Å². The highest BCUT2D eigenvalue weighted by Gasteiger charge is 2.17. The van der Waals surface area contributed by atoms with Gasteiger partial charge >= 0.3 is 0 Å². The summed E-state index contributed by atoms with van der Waals surface area (Å²) in [6.07, 6.45) is 0. The van der Waals surface area contributed by atoms with Gasteiger partial charge in [-0.1, -0.05) is 35.3 Å². The van der Waals surface area contributed by atoms with Crippen LogP contribution in [0.25, 0.3) is 0 Å². The Morgan fingerprint density at radius 2 is 1.83 bits per heavy atom. The first-order valence-corrected chi connectivity index (χ1v) is 6.70. The van der Waals surface area contributed by atoms with E-state index in [2.05, 4.69) is 15.9 Å². The minimum Gasteiger partial charge on any atom is -0.320 e. The second-order valence-corrected chi connectivity index (χ2v) is 5.46. The average Bonchev–Trinajstić information content (AvgIpc) is 2.32. The van der Waals surface area contributed by atoms with Crippen molar-refractivity contribution in [3.63, 3.8) is 0 Å². The molecule has 1 atom stereocenters. The maximum Gasteiger partial charge on any atom is 0.129 e. The van der Waals surface area contributed by atoms with Gasteiger partial charge in [-0.25, -0.2) is 4.39 Å². The standard InChI is InChI=1S/C13H9BrCl2FN/c14-8-5-4-7(6-10(8)16)13(18)12-9(15)2-1-3-11(12)17/h1-6,13H,18H2. The second-order valence-electron chi connectivity index (χ2n) is 3.79. The lowest BCUT2D eigenvalue weighted by Gasteiger charge is -2.15. The first-order chi connectivity index (χ1) is 8.50. The molecule has 0 aliphatic carbocycles. The van der Waals surface area contributed by atoms with Crippen molar-refractivity contribution in [3.05, 3.63) is 67.9 Å². The van der Waals surface area contributed by atoms with Crippen LogP contribution in [0.4, 0.5) is 4.39 Å². The fraction of sp³-hybridized carbons (Fsp3) is 0.0769. The molecule has 5 heteroatoms. The van der Waals surface area contributed by atoms with Gasteiger partial charge in [0, 0.05) is 15.1 Å². The van der Waals surface area contributed by atoms with Crippen molar-refractivity contribution in [3.8, 4) is 0 Å². The zero-order valence-electron chi connectivity index (χ0n) is 9.13. The van der Waals surface area contributed by atoms with Crippen molar-refractivity contribution in [1.29, 1.82) is 0 Å². The Labute approximate surface area is 123 Å². The molecule has 2 aromatic carbocycles. The number of nitrogens with two attached hydrogens (primary N) is 1. The number of rotatable bonds is 2. The average molecular weight is 349 g/mol. The van der Waals surface area contributed by atoms with Crippen LogP contribution in [-0.4, -0.2) is 0 Å². The summed E-state index contributed by atoms with van der Waals surface area (Å²) in [6, 6.07) is 9.09. The van der Waals surface area contributed by atoms with E-state index in [0.29, 0.717) is 15.6 Å². The molecule has 94 valence electrons. The van der Waals surface area contributed by atoms with Crippen LogP contribution in [0.5, 0.6) is 0 Å². The Bertz CT molecular complexity index is 569. The molecule has 2 aromatic rings. The van der Waals surface area contributed by atoms with Crippen molar-refractivity contribution >= 4 is 39.1 Å². The molecule has 0 saturated carbocycles. The monoisotopic (exact) mass is 347 g/mol. The Kier molecular flexibility index (Phi) is 4.28. The maximum absolute atomic E-state index is 13.8. The lowest BCUT2D eigenvalue weighted by Crippen LogP contribution is -2.14. The third-order valence-electron chi connectivity index (χ3n) is 2.61. The molecule has 2 N–H and O–H groups in total. The van der Waals surface area contributed by atoms with Gasteiger partial charge in [-0.15, -0.1) is 0 Å². The van der Waals surface area contributed by atoms with E-state index in [1.54, 1.807) is 30.3 Å². The summed E-state index contributed by atoms with van der Waals surface area (Å²) >= 11 is 15.3. The topological polar surface area (TPSA) is 26.0 Å². The third-order valence-corrected chi connectivity index (χ3v) is 4.18. The first-order valence-electron chi connectivity index (χ1n) is 5.15. The summed E-state index contributed by atoms with van der Waals surface area (Å²) in [4.78, 5) is 0. The smallest absolute Gasteiger partial charge is 0.129 e. The SMILES string of the molecule is NC(c1ccc(Br)c(Cl)c1)c1c(F)cccc1Cl. The maximum atomic E-state index is 13.8. The minimum atomic E-state index is -0.649. The number of halogens is 4. The quantitative estimate of drug-likeness (QED) is 0.816. The molecule has 0 radical (unpaired) electrons. The molecular weight excluding hydrogens is 340 g/mol. The molecule has 0 heterocycles. The highest BCUT2D eigenvalue weighted by atomic mass is 79.9. The fourth-order valence-corrected chi connectivity index (χ4v) is 2.40. The predicted molar refractivity (Wildman–Crippen MR) is 76.6 cm³/mol. The molecule has 2 rings (SSSR count). The molecule has 0 spiro atoms. The van der Waals surface area contributed by atoms with Crippen LogP contribution in [-0.2, 0) is 0 Å². The van der Waals surface area contributed by atoms with Crippen molar-refractivity contribution in [2.45, 2.75) is 6.04 Å². The van der Waals surface area contributed by atoms with Crippen LogP contribution in [0, 0.1) is 5.82 Å². The van der Waals surface area contributed by atoms with Gasteiger partial charge in [0.1, 0.15) is 5.82 Å². The van der Waals surface area contributed by atoms with E-state index in [1.165, 1.54) is 6.07 Å². The lowest BCUT2D eigenvalue weighted by molar-refractivity contribution is 0.600. The number of benzene rings is 2. The molecule has 0 aliphatic rings. The minimum absolute atomic E-state index is 0.276. The summed E-state index contributed by atoms with van der Waals surface area (Å²) in [6.45, 7) is 0. The molecule has 0 aliphatic heterocycles. The Morgan fingerprint density at radius 1 is 1.11 bits per heavy atom. The molecule has 18 heavy (non-hydrogen) atoms. The summed E-state index contributed by atoms with van der Waals surface area (Å²) in [5.74, 6) is -0.422.